The van der Waals surface area contributed by atoms with Crippen LogP contribution in [-0.2, 0) is 6.42 Å². The van der Waals surface area contributed by atoms with Crippen LogP contribution in [0, 0.1) is 0 Å². The van der Waals surface area contributed by atoms with Gasteiger partial charge < -0.3 is 15.2 Å². The molecule has 0 aliphatic heterocycles. The van der Waals surface area contributed by atoms with Gasteiger partial charge in [-0.2, -0.15) is 4.98 Å². The van der Waals surface area contributed by atoms with Crippen LogP contribution in [0.2, 0.25) is 0 Å². The molecule has 0 amide bonds. The largest absolute Gasteiger partial charge is 0.378 e. The molecule has 0 saturated carbocycles. The Labute approximate surface area is 107 Å². The SMILES string of the molecule is CC(N)Cc1noc(-c2ccc(N(C)C)cc2)n1. The minimum atomic E-state index is 0.0339. The molecule has 1 aromatic heterocycles. The molecule has 1 heterocycles. The monoisotopic (exact) mass is 246 g/mol. The fraction of sp³-hybridized carbons (Fsp3) is 0.385. The maximum Gasteiger partial charge on any atom is 0.257 e. The molecular weight excluding hydrogens is 228 g/mol. The van der Waals surface area contributed by atoms with Gasteiger partial charge in [0.25, 0.3) is 5.89 Å². The lowest BCUT2D eigenvalue weighted by Crippen LogP contribution is -2.18. The van der Waals surface area contributed by atoms with Crippen molar-refractivity contribution in [2.45, 2.75) is 19.4 Å². The molecule has 2 aromatic rings. The minimum Gasteiger partial charge on any atom is -0.378 e. The second-order valence-electron chi connectivity index (χ2n) is 4.64. The molecule has 1 unspecified atom stereocenters. The molecule has 0 aliphatic carbocycles. The third kappa shape index (κ3) is 2.87. The summed E-state index contributed by atoms with van der Waals surface area (Å²) in [5.74, 6) is 1.19. The molecule has 0 saturated heterocycles. The Morgan fingerprint density at radius 1 is 1.28 bits per heavy atom. The van der Waals surface area contributed by atoms with Gasteiger partial charge in [-0.15, -0.1) is 0 Å². The van der Waals surface area contributed by atoms with E-state index >= 15 is 0 Å². The molecule has 96 valence electrons. The van der Waals surface area contributed by atoms with Gasteiger partial charge in [0.05, 0.1) is 0 Å². The van der Waals surface area contributed by atoms with E-state index in [1.807, 2.05) is 50.2 Å². The fourth-order valence-corrected chi connectivity index (χ4v) is 1.64. The quantitative estimate of drug-likeness (QED) is 0.889. The smallest absolute Gasteiger partial charge is 0.257 e. The highest BCUT2D eigenvalue weighted by molar-refractivity contribution is 5.58. The van der Waals surface area contributed by atoms with Gasteiger partial charge in [0.2, 0.25) is 0 Å². The average Bonchev–Trinajstić information content (AvgIpc) is 2.76. The molecular formula is C13H18N4O. The molecule has 2 rings (SSSR count). The van der Waals surface area contributed by atoms with Gasteiger partial charge in [-0.1, -0.05) is 5.16 Å². The Kier molecular flexibility index (Phi) is 3.62. The predicted octanol–water partition coefficient (Wildman–Crippen LogP) is 1.69. The van der Waals surface area contributed by atoms with Crippen LogP contribution in [0.5, 0.6) is 0 Å². The Morgan fingerprint density at radius 3 is 2.50 bits per heavy atom. The molecule has 0 spiro atoms. The van der Waals surface area contributed by atoms with Crippen LogP contribution >= 0.6 is 0 Å². The second-order valence-corrected chi connectivity index (χ2v) is 4.64. The van der Waals surface area contributed by atoms with E-state index in [1.54, 1.807) is 0 Å². The van der Waals surface area contributed by atoms with Crippen LogP contribution in [-0.4, -0.2) is 30.3 Å². The summed E-state index contributed by atoms with van der Waals surface area (Å²) in [6.45, 7) is 1.92. The van der Waals surface area contributed by atoms with Gasteiger partial charge in [-0.3, -0.25) is 0 Å². The van der Waals surface area contributed by atoms with E-state index in [0.29, 0.717) is 18.1 Å². The van der Waals surface area contributed by atoms with Gasteiger partial charge in [-0.05, 0) is 31.2 Å². The van der Waals surface area contributed by atoms with Gasteiger partial charge in [0.15, 0.2) is 5.82 Å². The van der Waals surface area contributed by atoms with E-state index in [9.17, 15) is 0 Å². The fourth-order valence-electron chi connectivity index (χ4n) is 1.64. The number of benzene rings is 1. The van der Waals surface area contributed by atoms with Crippen LogP contribution in [0.15, 0.2) is 28.8 Å². The number of aromatic nitrogens is 2. The molecule has 5 nitrogen and oxygen atoms in total. The van der Waals surface area contributed by atoms with Crippen LogP contribution < -0.4 is 10.6 Å². The topological polar surface area (TPSA) is 68.2 Å². The summed E-state index contributed by atoms with van der Waals surface area (Å²) in [4.78, 5) is 6.36. The zero-order chi connectivity index (χ0) is 13.1. The first kappa shape index (κ1) is 12.6. The molecule has 2 N–H and O–H groups in total. The number of hydrogen-bond donors (Lipinski definition) is 1. The lowest BCUT2D eigenvalue weighted by Gasteiger charge is -2.11. The van der Waals surface area contributed by atoms with E-state index in [1.165, 1.54) is 0 Å². The van der Waals surface area contributed by atoms with Gasteiger partial charge >= 0.3 is 0 Å². The number of hydrogen-bond acceptors (Lipinski definition) is 5. The van der Waals surface area contributed by atoms with Crippen molar-refractivity contribution in [3.63, 3.8) is 0 Å². The predicted molar refractivity (Wildman–Crippen MR) is 71.4 cm³/mol. The molecule has 0 fully saturated rings. The van der Waals surface area contributed by atoms with Gasteiger partial charge in [0, 0.05) is 37.8 Å². The zero-order valence-corrected chi connectivity index (χ0v) is 10.9. The summed E-state index contributed by atoms with van der Waals surface area (Å²) in [7, 11) is 4.00. The van der Waals surface area contributed by atoms with Crippen molar-refractivity contribution in [3.05, 3.63) is 30.1 Å². The molecule has 0 aliphatic rings. The highest BCUT2D eigenvalue weighted by Gasteiger charge is 2.10. The Balaban J connectivity index is 2.18. The van der Waals surface area contributed by atoms with Crippen molar-refractivity contribution in [1.82, 2.24) is 10.1 Å². The highest BCUT2D eigenvalue weighted by Crippen LogP contribution is 2.20. The molecule has 0 bridgehead atoms. The van der Waals surface area contributed by atoms with E-state index in [4.69, 9.17) is 10.3 Å². The van der Waals surface area contributed by atoms with Crippen LogP contribution in [0.1, 0.15) is 12.7 Å². The van der Waals surface area contributed by atoms with E-state index in [-0.39, 0.29) is 6.04 Å². The Morgan fingerprint density at radius 2 is 1.94 bits per heavy atom. The van der Waals surface area contributed by atoms with Crippen molar-refractivity contribution >= 4 is 5.69 Å². The Bertz CT molecular complexity index is 502. The van der Waals surface area contributed by atoms with Crippen molar-refractivity contribution in [1.29, 1.82) is 0 Å². The molecule has 1 aromatic carbocycles. The third-order valence-electron chi connectivity index (χ3n) is 2.60. The molecule has 18 heavy (non-hydrogen) atoms. The summed E-state index contributed by atoms with van der Waals surface area (Å²) in [6, 6.07) is 8.01. The summed E-state index contributed by atoms with van der Waals surface area (Å²) in [5, 5.41) is 3.91. The number of anilines is 1. The normalized spacial score (nSPS) is 12.4. The third-order valence-corrected chi connectivity index (χ3v) is 2.60. The number of nitrogens with zero attached hydrogens (tertiary/aromatic N) is 3. The maximum absolute atomic E-state index is 5.70. The molecule has 0 radical (unpaired) electrons. The number of rotatable bonds is 4. The second kappa shape index (κ2) is 5.18. The van der Waals surface area contributed by atoms with Gasteiger partial charge in [0.1, 0.15) is 0 Å². The van der Waals surface area contributed by atoms with Crippen LogP contribution in [0.4, 0.5) is 5.69 Å². The summed E-state index contributed by atoms with van der Waals surface area (Å²) in [5.41, 5.74) is 7.75. The first-order valence-electron chi connectivity index (χ1n) is 5.92. The maximum atomic E-state index is 5.70. The lowest BCUT2D eigenvalue weighted by molar-refractivity contribution is 0.420. The lowest BCUT2D eigenvalue weighted by atomic mass is 10.2. The van der Waals surface area contributed by atoms with E-state index in [0.717, 1.165) is 11.3 Å². The van der Waals surface area contributed by atoms with Crippen molar-refractivity contribution in [2.75, 3.05) is 19.0 Å². The zero-order valence-electron chi connectivity index (χ0n) is 10.9. The standard InChI is InChI=1S/C13H18N4O/c1-9(14)8-12-15-13(18-16-12)10-4-6-11(7-5-10)17(2)3/h4-7,9H,8,14H2,1-3H3. The first-order chi connectivity index (χ1) is 8.56. The molecule has 5 heteroatoms. The summed E-state index contributed by atoms with van der Waals surface area (Å²) >= 11 is 0. The van der Waals surface area contributed by atoms with Gasteiger partial charge in [-0.25, -0.2) is 0 Å². The van der Waals surface area contributed by atoms with Crippen molar-refractivity contribution in [3.8, 4) is 11.5 Å². The summed E-state index contributed by atoms with van der Waals surface area (Å²) < 4.78 is 5.22. The first-order valence-corrected chi connectivity index (χ1v) is 5.92. The number of nitrogens with two attached hydrogens (primary N) is 1. The van der Waals surface area contributed by atoms with Crippen molar-refractivity contribution in [2.24, 2.45) is 5.73 Å². The van der Waals surface area contributed by atoms with Crippen molar-refractivity contribution < 1.29 is 4.52 Å². The Hall–Kier alpha value is -1.88. The van der Waals surface area contributed by atoms with E-state index < -0.39 is 0 Å². The molecule has 1 atom stereocenters. The summed E-state index contributed by atoms with van der Waals surface area (Å²) in [6.07, 6.45) is 0.624. The minimum absolute atomic E-state index is 0.0339. The van der Waals surface area contributed by atoms with E-state index in [2.05, 4.69) is 10.1 Å². The van der Waals surface area contributed by atoms with Crippen LogP contribution in [0.3, 0.4) is 0 Å². The highest BCUT2D eigenvalue weighted by atomic mass is 16.5. The van der Waals surface area contributed by atoms with Crippen LogP contribution in [0.25, 0.3) is 11.5 Å². The average molecular weight is 246 g/mol.